The second-order valence-corrected chi connectivity index (χ2v) is 15.4. The Labute approximate surface area is 290 Å². The van der Waals surface area contributed by atoms with Crippen molar-refractivity contribution >= 4 is 35.2 Å². The van der Waals surface area contributed by atoms with Crippen LogP contribution in [0.5, 0.6) is 5.75 Å². The predicted molar refractivity (Wildman–Crippen MR) is 188 cm³/mol. The van der Waals surface area contributed by atoms with Crippen molar-refractivity contribution in [3.05, 3.63) is 54.1 Å². The van der Waals surface area contributed by atoms with Crippen molar-refractivity contribution in [2.24, 2.45) is 11.8 Å². The van der Waals surface area contributed by atoms with Crippen LogP contribution < -0.4 is 19.9 Å². The first-order chi connectivity index (χ1) is 23.0. The molecule has 1 aliphatic carbocycles. The lowest BCUT2D eigenvalue weighted by Gasteiger charge is -2.41. The third-order valence-electron chi connectivity index (χ3n) is 9.20. The van der Waals surface area contributed by atoms with E-state index in [1.54, 1.807) is 44.4 Å². The molecule has 11 nitrogen and oxygen atoms in total. The van der Waals surface area contributed by atoms with Crippen LogP contribution in [0.25, 0.3) is 0 Å². The van der Waals surface area contributed by atoms with Crippen LogP contribution in [0, 0.1) is 11.8 Å². The molecule has 2 fully saturated rings. The van der Waals surface area contributed by atoms with Gasteiger partial charge in [0.2, 0.25) is 11.8 Å². The van der Waals surface area contributed by atoms with E-state index in [-0.39, 0.29) is 43.3 Å². The van der Waals surface area contributed by atoms with E-state index in [4.69, 9.17) is 14.2 Å². The van der Waals surface area contributed by atoms with Crippen LogP contribution in [-0.4, -0.2) is 78.8 Å². The fourth-order valence-electron chi connectivity index (χ4n) is 6.56. The number of rotatable bonds is 10. The highest BCUT2D eigenvalue weighted by molar-refractivity contribution is 6.04. The summed E-state index contributed by atoms with van der Waals surface area (Å²) in [5.41, 5.74) is -0.290. The number of likely N-dealkylation sites (tertiary alicyclic amines) is 1. The van der Waals surface area contributed by atoms with Gasteiger partial charge in [0, 0.05) is 38.0 Å². The number of fused-ring (bicyclic) bond motifs is 1. The SMILES string of the molecule is CCOCCN1C(=O)C(C)(C)Oc2ccc(N(C(=O)[C@@H]3C[C@H](C(=O)NC(C)(C)c4ccccc4)CN(C(=O)OC(C)(C)C)C3)C3CC3)cc21. The Hall–Kier alpha value is -4.12. The lowest BCUT2D eigenvalue weighted by Crippen LogP contribution is -2.55. The average molecular weight is 677 g/mol. The highest BCUT2D eigenvalue weighted by Gasteiger charge is 2.45. The largest absolute Gasteiger partial charge is 0.476 e. The van der Waals surface area contributed by atoms with E-state index in [9.17, 15) is 19.2 Å². The molecule has 4 amide bonds. The van der Waals surface area contributed by atoms with E-state index in [0.717, 1.165) is 18.4 Å². The van der Waals surface area contributed by atoms with Gasteiger partial charge < -0.3 is 34.2 Å². The molecular formula is C38H52N4O7. The zero-order chi connectivity index (χ0) is 35.7. The number of nitrogens with one attached hydrogen (secondary N) is 1. The topological polar surface area (TPSA) is 118 Å². The summed E-state index contributed by atoms with van der Waals surface area (Å²) in [4.78, 5) is 60.4. The monoisotopic (exact) mass is 676 g/mol. The molecule has 49 heavy (non-hydrogen) atoms. The minimum Gasteiger partial charge on any atom is -0.476 e. The van der Waals surface area contributed by atoms with Crippen LogP contribution in [0.4, 0.5) is 16.2 Å². The first-order valence-corrected chi connectivity index (χ1v) is 17.4. The van der Waals surface area contributed by atoms with Crippen LogP contribution in [-0.2, 0) is 29.4 Å². The fraction of sp³-hybridized carbons (Fsp3) is 0.579. The molecule has 2 heterocycles. The Kier molecular flexibility index (Phi) is 10.3. The maximum absolute atomic E-state index is 14.6. The number of carbonyl (C=O) groups excluding carboxylic acids is 4. The zero-order valence-corrected chi connectivity index (χ0v) is 30.2. The summed E-state index contributed by atoms with van der Waals surface area (Å²) in [6.45, 7) is 16.2. The second kappa shape index (κ2) is 14.0. The van der Waals surface area contributed by atoms with E-state index >= 15 is 0 Å². The van der Waals surface area contributed by atoms with Crippen LogP contribution >= 0.6 is 0 Å². The van der Waals surface area contributed by atoms with Crippen molar-refractivity contribution in [1.29, 1.82) is 0 Å². The molecule has 0 unspecified atom stereocenters. The minimum atomic E-state index is -1.05. The quantitative estimate of drug-likeness (QED) is 0.324. The summed E-state index contributed by atoms with van der Waals surface area (Å²) in [6.07, 6.45) is 1.38. The Balaban J connectivity index is 1.44. The molecule has 2 aliphatic heterocycles. The number of amides is 4. The molecule has 1 N–H and O–H groups in total. The van der Waals surface area contributed by atoms with E-state index in [1.807, 2.05) is 69.3 Å². The number of nitrogens with zero attached hydrogens (tertiary/aromatic N) is 3. The van der Waals surface area contributed by atoms with Gasteiger partial charge in [-0.05, 0) is 98.4 Å². The summed E-state index contributed by atoms with van der Waals surface area (Å²) in [5, 5.41) is 3.17. The Morgan fingerprint density at radius 3 is 2.31 bits per heavy atom. The number of benzene rings is 2. The second-order valence-electron chi connectivity index (χ2n) is 15.4. The summed E-state index contributed by atoms with van der Waals surface area (Å²) in [5.74, 6) is -1.31. The van der Waals surface area contributed by atoms with E-state index in [0.29, 0.717) is 36.9 Å². The molecule has 266 valence electrons. The summed E-state index contributed by atoms with van der Waals surface area (Å²) < 4.78 is 17.4. The Morgan fingerprint density at radius 1 is 1.00 bits per heavy atom. The number of piperidine rings is 1. The molecule has 0 bridgehead atoms. The number of anilines is 2. The molecule has 3 aliphatic rings. The molecule has 1 saturated carbocycles. The molecule has 0 spiro atoms. The lowest BCUT2D eigenvalue weighted by atomic mass is 9.86. The lowest BCUT2D eigenvalue weighted by molar-refractivity contribution is -0.133. The van der Waals surface area contributed by atoms with Gasteiger partial charge in [-0.2, -0.15) is 0 Å². The van der Waals surface area contributed by atoms with Crippen molar-refractivity contribution in [3.8, 4) is 5.75 Å². The standard InChI is InChI=1S/C38H52N4O7/c1-9-47-20-19-41-30-22-29(17-18-31(30)48-38(7,8)34(41)45)42(28-15-16-28)33(44)26-21-25(23-40(24-26)35(46)49-36(2,3)4)32(43)39-37(5,6)27-13-11-10-12-14-27/h10-14,17-18,22,25-26,28H,9,15-16,19-21,23-24H2,1-8H3,(H,39,43)/t25-,26+/m0/s1. The number of hydrogen-bond donors (Lipinski definition) is 1. The van der Waals surface area contributed by atoms with Crippen molar-refractivity contribution < 1.29 is 33.4 Å². The average Bonchev–Trinajstić information content (AvgIpc) is 3.87. The smallest absolute Gasteiger partial charge is 0.410 e. The third kappa shape index (κ3) is 8.37. The van der Waals surface area contributed by atoms with Crippen LogP contribution in [0.3, 0.4) is 0 Å². The highest BCUT2D eigenvalue weighted by Crippen LogP contribution is 2.43. The van der Waals surface area contributed by atoms with Gasteiger partial charge in [-0.25, -0.2) is 4.79 Å². The van der Waals surface area contributed by atoms with Crippen LogP contribution in [0.15, 0.2) is 48.5 Å². The van der Waals surface area contributed by atoms with Crippen molar-refractivity contribution in [3.63, 3.8) is 0 Å². The first-order valence-electron chi connectivity index (χ1n) is 17.4. The molecule has 11 heteroatoms. The van der Waals surface area contributed by atoms with Gasteiger partial charge in [0.05, 0.1) is 29.7 Å². The molecular weight excluding hydrogens is 624 g/mol. The van der Waals surface area contributed by atoms with Gasteiger partial charge in [-0.1, -0.05) is 30.3 Å². The maximum Gasteiger partial charge on any atom is 0.410 e. The first kappa shape index (κ1) is 36.2. The van der Waals surface area contributed by atoms with E-state index in [2.05, 4.69) is 5.32 Å². The molecule has 1 saturated heterocycles. The Bertz CT molecular complexity index is 1550. The summed E-state index contributed by atoms with van der Waals surface area (Å²) >= 11 is 0. The third-order valence-corrected chi connectivity index (χ3v) is 9.20. The number of hydrogen-bond acceptors (Lipinski definition) is 7. The predicted octanol–water partition coefficient (Wildman–Crippen LogP) is 5.65. The minimum absolute atomic E-state index is 0.0275. The zero-order valence-electron chi connectivity index (χ0n) is 30.2. The van der Waals surface area contributed by atoms with Crippen LogP contribution in [0.2, 0.25) is 0 Å². The fourth-order valence-corrected chi connectivity index (χ4v) is 6.56. The molecule has 5 rings (SSSR count). The molecule has 2 aromatic rings. The highest BCUT2D eigenvalue weighted by atomic mass is 16.6. The van der Waals surface area contributed by atoms with E-state index < -0.39 is 34.7 Å². The van der Waals surface area contributed by atoms with Gasteiger partial charge >= 0.3 is 6.09 Å². The van der Waals surface area contributed by atoms with Gasteiger partial charge in [-0.15, -0.1) is 0 Å². The van der Waals surface area contributed by atoms with Crippen molar-refractivity contribution in [1.82, 2.24) is 10.2 Å². The molecule has 2 atom stereocenters. The molecule has 0 aromatic heterocycles. The van der Waals surface area contributed by atoms with Crippen molar-refractivity contribution in [2.45, 2.75) is 97.4 Å². The van der Waals surface area contributed by atoms with Crippen molar-refractivity contribution in [2.75, 3.05) is 42.6 Å². The summed E-state index contributed by atoms with van der Waals surface area (Å²) in [7, 11) is 0. The van der Waals surface area contributed by atoms with Gasteiger partial charge in [0.15, 0.2) is 5.60 Å². The molecule has 2 aromatic carbocycles. The van der Waals surface area contributed by atoms with Gasteiger partial charge in [0.1, 0.15) is 11.4 Å². The van der Waals surface area contributed by atoms with E-state index in [1.165, 1.54) is 4.90 Å². The van der Waals surface area contributed by atoms with Crippen LogP contribution in [0.1, 0.15) is 80.2 Å². The number of ether oxygens (including phenoxy) is 3. The Morgan fingerprint density at radius 2 is 1.67 bits per heavy atom. The number of carbonyl (C=O) groups is 4. The normalized spacial score (nSPS) is 20.6. The van der Waals surface area contributed by atoms with Gasteiger partial charge in [-0.3, -0.25) is 14.4 Å². The maximum atomic E-state index is 14.6. The van der Waals surface area contributed by atoms with Gasteiger partial charge in [0.25, 0.3) is 5.91 Å². The molecule has 0 radical (unpaired) electrons. The summed E-state index contributed by atoms with van der Waals surface area (Å²) in [6, 6.07) is 15.2.